The molecule has 0 saturated carbocycles. The van der Waals surface area contributed by atoms with E-state index < -0.39 is 23.5 Å². The summed E-state index contributed by atoms with van der Waals surface area (Å²) in [5.74, 6) is 0.740. The molecular formula is C28H41N5O3S2. The van der Waals surface area contributed by atoms with Crippen LogP contribution in [0.25, 0.3) is 0 Å². The van der Waals surface area contributed by atoms with Gasteiger partial charge in [-0.2, -0.15) is 0 Å². The molecule has 2 aliphatic heterocycles. The number of nitrogens with zero attached hydrogens (tertiary/aromatic N) is 2. The van der Waals surface area contributed by atoms with Crippen LogP contribution in [0, 0.1) is 11.3 Å². The first kappa shape index (κ1) is 30.1. The van der Waals surface area contributed by atoms with Gasteiger partial charge in [-0.3, -0.25) is 14.6 Å². The number of fused-ring (bicyclic) bond motifs is 1. The van der Waals surface area contributed by atoms with Crippen molar-refractivity contribution in [2.75, 3.05) is 26.0 Å². The zero-order valence-corrected chi connectivity index (χ0v) is 24.7. The molecule has 8 nitrogen and oxygen atoms in total. The van der Waals surface area contributed by atoms with Gasteiger partial charge < -0.3 is 25.6 Å². The Morgan fingerprint density at radius 1 is 1.34 bits per heavy atom. The van der Waals surface area contributed by atoms with Gasteiger partial charge in [0.1, 0.15) is 12.1 Å². The van der Waals surface area contributed by atoms with Crippen molar-refractivity contribution in [2.45, 2.75) is 64.0 Å². The summed E-state index contributed by atoms with van der Waals surface area (Å²) in [5, 5.41) is 9.36. The van der Waals surface area contributed by atoms with E-state index >= 15 is 0 Å². The highest BCUT2D eigenvalue weighted by Gasteiger charge is 2.54. The second-order valence-electron chi connectivity index (χ2n) is 10.7. The lowest BCUT2D eigenvalue weighted by Gasteiger charge is -2.35. The van der Waals surface area contributed by atoms with E-state index in [0.717, 1.165) is 17.7 Å². The number of nitrogens with one attached hydrogen (secondary N) is 3. The maximum absolute atomic E-state index is 14.0. The average Bonchev–Trinajstić information content (AvgIpc) is 3.08. The van der Waals surface area contributed by atoms with Crippen LogP contribution >= 0.6 is 24.0 Å². The Kier molecular flexibility index (Phi) is 10.8. The van der Waals surface area contributed by atoms with Gasteiger partial charge in [0.05, 0.1) is 35.3 Å². The highest BCUT2D eigenvalue weighted by Crippen LogP contribution is 2.46. The van der Waals surface area contributed by atoms with Crippen molar-refractivity contribution < 1.29 is 14.3 Å². The summed E-state index contributed by atoms with van der Waals surface area (Å²) in [6.07, 6.45) is 3.15. The molecule has 0 spiro atoms. The number of benzene rings is 1. The molecule has 3 N–H and O–H groups in total. The van der Waals surface area contributed by atoms with Gasteiger partial charge >= 0.3 is 0 Å². The zero-order valence-electron chi connectivity index (χ0n) is 23.0. The van der Waals surface area contributed by atoms with E-state index in [2.05, 4.69) is 41.5 Å². The molecule has 0 aliphatic carbocycles. The Balaban J connectivity index is 1.82. The summed E-state index contributed by atoms with van der Waals surface area (Å²) >= 11 is 7.25. The molecule has 0 unspecified atom stereocenters. The third-order valence-electron chi connectivity index (χ3n) is 6.95. The first-order valence-electron chi connectivity index (χ1n) is 13.1. The van der Waals surface area contributed by atoms with Crippen molar-refractivity contribution in [1.82, 2.24) is 20.9 Å². The van der Waals surface area contributed by atoms with Crippen molar-refractivity contribution >= 4 is 47.5 Å². The topological polar surface area (TPSA) is 95.1 Å². The fourth-order valence-corrected chi connectivity index (χ4v) is 6.65. The van der Waals surface area contributed by atoms with Crippen molar-refractivity contribution in [2.24, 2.45) is 16.3 Å². The number of amides is 2. The third kappa shape index (κ3) is 7.36. The van der Waals surface area contributed by atoms with Gasteiger partial charge in [0.15, 0.2) is 0 Å². The molecule has 38 heavy (non-hydrogen) atoms. The van der Waals surface area contributed by atoms with E-state index in [4.69, 9.17) is 17.0 Å². The van der Waals surface area contributed by atoms with Crippen LogP contribution in [-0.4, -0.2) is 71.9 Å². The summed E-state index contributed by atoms with van der Waals surface area (Å²) in [7, 11) is 1.79. The van der Waals surface area contributed by atoms with Crippen molar-refractivity contribution in [3.05, 3.63) is 47.8 Å². The van der Waals surface area contributed by atoms with Gasteiger partial charge in [0, 0.05) is 19.2 Å². The molecule has 2 saturated heterocycles. The zero-order chi connectivity index (χ0) is 27.9. The molecule has 1 aromatic rings. The van der Waals surface area contributed by atoms with Crippen LogP contribution in [-0.2, 0) is 14.3 Å². The second kappa shape index (κ2) is 13.6. The Labute approximate surface area is 236 Å². The third-order valence-corrected chi connectivity index (χ3v) is 8.79. The number of rotatable bonds is 11. The largest absolute Gasteiger partial charge is 0.392 e. The molecule has 10 heteroatoms. The fraction of sp³-hybridized carbons (Fsp3) is 0.571. The number of hydrogen-bond donors (Lipinski definition) is 3. The van der Waals surface area contributed by atoms with E-state index in [1.165, 1.54) is 0 Å². The number of carbonyl (C=O) groups excluding carboxylic acids is 2. The molecule has 3 rings (SSSR count). The fourth-order valence-electron chi connectivity index (χ4n) is 4.93. The van der Waals surface area contributed by atoms with Crippen molar-refractivity contribution in [1.29, 1.82) is 0 Å². The second-order valence-corrected chi connectivity index (χ2v) is 12.5. The maximum Gasteiger partial charge on any atom is 0.246 e. The first-order chi connectivity index (χ1) is 18.1. The van der Waals surface area contributed by atoms with E-state index in [9.17, 15) is 9.59 Å². The normalized spacial score (nSPS) is 23.8. The highest BCUT2D eigenvalue weighted by molar-refractivity contribution is 7.99. The molecule has 1 aromatic carbocycles. The Bertz CT molecular complexity index is 1030. The van der Waals surface area contributed by atoms with Gasteiger partial charge in [-0.15, -0.1) is 11.8 Å². The minimum atomic E-state index is -0.608. The number of ether oxygens (including phenoxy) is 1. The Hall–Kier alpha value is -2.43. The van der Waals surface area contributed by atoms with E-state index in [-0.39, 0.29) is 36.3 Å². The SMILES string of the molecule is C=N/C(=C\NC)COC[C@@H](NC(=O)[C@H]1N2C(=O)[C@@H](NC(=S)C(C)C)CCS[C@H]2CC1(C)C)c1ccccc1. The number of aliphatic imine (C=N–C) groups is 1. The molecule has 0 bridgehead atoms. The average molecular weight is 560 g/mol. The van der Waals surface area contributed by atoms with Crippen LogP contribution in [0.3, 0.4) is 0 Å². The van der Waals surface area contributed by atoms with Crippen LogP contribution in [0.4, 0.5) is 0 Å². The minimum Gasteiger partial charge on any atom is -0.392 e. The molecule has 0 aromatic heterocycles. The van der Waals surface area contributed by atoms with Crippen molar-refractivity contribution in [3.8, 4) is 0 Å². The summed E-state index contributed by atoms with van der Waals surface area (Å²) in [6, 6.07) is 8.31. The number of thioether (sulfide) groups is 1. The van der Waals surface area contributed by atoms with Crippen LogP contribution < -0.4 is 16.0 Å². The molecule has 2 fully saturated rings. The summed E-state index contributed by atoms with van der Waals surface area (Å²) in [5.41, 5.74) is 1.20. The van der Waals surface area contributed by atoms with Crippen LogP contribution in [0.1, 0.15) is 52.1 Å². The predicted octanol–water partition coefficient (Wildman–Crippen LogP) is 3.65. The monoisotopic (exact) mass is 559 g/mol. The Morgan fingerprint density at radius 3 is 2.68 bits per heavy atom. The van der Waals surface area contributed by atoms with Crippen LogP contribution in [0.5, 0.6) is 0 Å². The van der Waals surface area contributed by atoms with Gasteiger partial charge in [-0.05, 0) is 36.3 Å². The molecule has 4 atom stereocenters. The minimum absolute atomic E-state index is 0.0491. The summed E-state index contributed by atoms with van der Waals surface area (Å²) in [4.78, 5) is 34.3. The smallest absolute Gasteiger partial charge is 0.246 e. The first-order valence-corrected chi connectivity index (χ1v) is 14.5. The molecule has 0 radical (unpaired) electrons. The quantitative estimate of drug-likeness (QED) is 0.281. The molecule has 2 aliphatic rings. The number of hydrogen-bond acceptors (Lipinski definition) is 7. The Morgan fingerprint density at radius 2 is 2.05 bits per heavy atom. The number of carbonyl (C=O) groups is 2. The standard InChI is InChI=1S/C28H41N5O3S2/c1-18(2)26(37)32-21-12-13-38-23-14-28(3,4)24(33(23)27(21)35)25(34)31-22(19-10-8-7-9-11-19)17-36-16-20(30-6)15-29-5/h7-11,15,18,21-24,29H,6,12-14,16-17H2,1-5H3,(H,31,34)(H,32,37)/b20-15-/t21-,22+,23-,24+/m0/s1. The molecule has 208 valence electrons. The molecular weight excluding hydrogens is 518 g/mol. The van der Waals surface area contributed by atoms with Crippen LogP contribution in [0.15, 0.2) is 47.2 Å². The lowest BCUT2D eigenvalue weighted by molar-refractivity contribution is -0.142. The maximum atomic E-state index is 14.0. The lowest BCUT2D eigenvalue weighted by atomic mass is 9.83. The summed E-state index contributed by atoms with van der Waals surface area (Å²) < 4.78 is 5.94. The van der Waals surface area contributed by atoms with Crippen molar-refractivity contribution in [3.63, 3.8) is 0 Å². The predicted molar refractivity (Wildman–Crippen MR) is 159 cm³/mol. The number of thiocarbonyl (C=S) groups is 1. The molecule has 2 heterocycles. The van der Waals surface area contributed by atoms with Crippen LogP contribution in [0.2, 0.25) is 0 Å². The van der Waals surface area contributed by atoms with Gasteiger partial charge in [0.2, 0.25) is 11.8 Å². The van der Waals surface area contributed by atoms with E-state index in [1.807, 2.05) is 49.1 Å². The van der Waals surface area contributed by atoms with Gasteiger partial charge in [-0.25, -0.2) is 0 Å². The van der Waals surface area contributed by atoms with Gasteiger partial charge in [0.25, 0.3) is 0 Å². The van der Waals surface area contributed by atoms with E-state index in [0.29, 0.717) is 17.1 Å². The molecule has 2 amide bonds. The lowest BCUT2D eigenvalue weighted by Crippen LogP contribution is -2.57. The van der Waals surface area contributed by atoms with E-state index in [1.54, 1.807) is 25.0 Å². The highest BCUT2D eigenvalue weighted by atomic mass is 32.2. The van der Waals surface area contributed by atoms with Gasteiger partial charge in [-0.1, -0.05) is 70.2 Å². The summed E-state index contributed by atoms with van der Waals surface area (Å²) in [6.45, 7) is 12.2.